The molecule has 2 aromatic heterocycles. The standard InChI is InChI=1S/C54H48N2/c1-51(2)43-20-14-12-18-37(43)38-25-24-36(30-44(38)51)56-47-21-15-13-19-39(47)40-28-33(22-26-48(40)56)34-23-27-49-41(29-34)42-31-45-46(53(5,6)54(7,8)52(45,3)4)32-50(42)55(49)35-16-10-9-11-17-35/h9-32H,1-8H3. The van der Waals surface area contributed by atoms with Crippen molar-refractivity contribution in [3.05, 3.63) is 168 Å². The molecule has 0 atom stereocenters. The number of hydrogen-bond acceptors (Lipinski definition) is 0. The van der Waals surface area contributed by atoms with Crippen LogP contribution in [-0.4, -0.2) is 9.13 Å². The van der Waals surface area contributed by atoms with Crippen LogP contribution >= 0.6 is 0 Å². The van der Waals surface area contributed by atoms with Crippen molar-refractivity contribution in [1.29, 1.82) is 0 Å². The third-order valence-corrected chi connectivity index (χ3v) is 15.2. The molecular formula is C54H48N2. The van der Waals surface area contributed by atoms with Gasteiger partial charge in [-0.05, 0) is 127 Å². The molecule has 2 aliphatic rings. The highest BCUT2D eigenvalue weighted by Crippen LogP contribution is 2.62. The Bertz CT molecular complexity index is 3120. The molecule has 0 aliphatic heterocycles. The van der Waals surface area contributed by atoms with Gasteiger partial charge in [0.05, 0.1) is 22.1 Å². The largest absolute Gasteiger partial charge is 0.309 e. The average molecular weight is 725 g/mol. The fraction of sp³-hybridized carbons (Fsp3) is 0.222. The van der Waals surface area contributed by atoms with E-state index in [4.69, 9.17) is 0 Å². The highest BCUT2D eigenvalue weighted by atomic mass is 15.0. The van der Waals surface area contributed by atoms with Crippen molar-refractivity contribution in [2.75, 3.05) is 0 Å². The van der Waals surface area contributed by atoms with Crippen LogP contribution in [0.4, 0.5) is 0 Å². The van der Waals surface area contributed by atoms with Gasteiger partial charge in [0.1, 0.15) is 0 Å². The molecule has 0 bridgehead atoms. The maximum absolute atomic E-state index is 2.54. The highest BCUT2D eigenvalue weighted by Gasteiger charge is 2.57. The zero-order valence-electron chi connectivity index (χ0n) is 33.8. The van der Waals surface area contributed by atoms with Gasteiger partial charge in [-0.1, -0.05) is 134 Å². The van der Waals surface area contributed by atoms with E-state index in [0.29, 0.717) is 0 Å². The third kappa shape index (κ3) is 4.12. The van der Waals surface area contributed by atoms with Gasteiger partial charge in [0, 0.05) is 38.3 Å². The zero-order valence-corrected chi connectivity index (χ0v) is 33.8. The smallest absolute Gasteiger partial charge is 0.0544 e. The van der Waals surface area contributed by atoms with Crippen LogP contribution in [-0.2, 0) is 16.2 Å². The molecule has 0 radical (unpaired) electrons. The van der Waals surface area contributed by atoms with Crippen molar-refractivity contribution in [2.24, 2.45) is 5.41 Å². The van der Waals surface area contributed by atoms with Gasteiger partial charge in [-0.2, -0.15) is 0 Å². The summed E-state index contributed by atoms with van der Waals surface area (Å²) in [7, 11) is 0. The summed E-state index contributed by atoms with van der Waals surface area (Å²) in [4.78, 5) is 0. The van der Waals surface area contributed by atoms with Crippen LogP contribution in [0.15, 0.2) is 146 Å². The van der Waals surface area contributed by atoms with E-state index in [9.17, 15) is 0 Å². The van der Waals surface area contributed by atoms with Gasteiger partial charge in [0.15, 0.2) is 0 Å². The second kappa shape index (κ2) is 10.9. The lowest BCUT2D eigenvalue weighted by Gasteiger charge is -2.44. The molecular weight excluding hydrogens is 677 g/mol. The summed E-state index contributed by atoms with van der Waals surface area (Å²) in [6.45, 7) is 19.4. The molecule has 0 spiro atoms. The van der Waals surface area contributed by atoms with Gasteiger partial charge in [0.25, 0.3) is 0 Å². The van der Waals surface area contributed by atoms with Crippen LogP contribution in [0.2, 0.25) is 0 Å². The minimum absolute atomic E-state index is 0.0244. The fourth-order valence-corrected chi connectivity index (χ4v) is 10.9. The van der Waals surface area contributed by atoms with Crippen LogP contribution in [0.1, 0.15) is 77.6 Å². The lowest BCUT2D eigenvalue weighted by Crippen LogP contribution is -2.42. The Morgan fingerprint density at radius 1 is 0.339 bits per heavy atom. The molecule has 2 heteroatoms. The van der Waals surface area contributed by atoms with Gasteiger partial charge in [0.2, 0.25) is 0 Å². The summed E-state index contributed by atoms with van der Waals surface area (Å²) in [6, 6.07) is 55.1. The van der Waals surface area contributed by atoms with Crippen LogP contribution in [0.25, 0.3) is 77.2 Å². The summed E-state index contributed by atoms with van der Waals surface area (Å²) in [5.41, 5.74) is 18.4. The number of fused-ring (bicyclic) bond motifs is 10. The zero-order chi connectivity index (χ0) is 38.5. The SMILES string of the molecule is CC1(C)c2ccccc2-c2ccc(-n3c4ccccc4c4cc(-c5ccc6c(c5)c5cc7c(cc5n6-c5ccccc5)C(C)(C)C(C)(C)C7(C)C)ccc43)cc21. The van der Waals surface area contributed by atoms with Crippen molar-refractivity contribution < 1.29 is 0 Å². The Morgan fingerprint density at radius 2 is 0.875 bits per heavy atom. The van der Waals surface area contributed by atoms with Crippen molar-refractivity contribution in [2.45, 2.75) is 71.6 Å². The van der Waals surface area contributed by atoms with E-state index in [0.717, 1.165) is 0 Å². The van der Waals surface area contributed by atoms with Crippen LogP contribution < -0.4 is 0 Å². The van der Waals surface area contributed by atoms with Gasteiger partial charge >= 0.3 is 0 Å². The normalized spacial score (nSPS) is 17.1. The average Bonchev–Trinajstić information content (AvgIpc) is 3.82. The number of para-hydroxylation sites is 2. The van der Waals surface area contributed by atoms with E-state index < -0.39 is 0 Å². The number of nitrogens with zero attached hydrogens (tertiary/aromatic N) is 2. The van der Waals surface area contributed by atoms with Crippen molar-refractivity contribution in [3.8, 4) is 33.6 Å². The Balaban J connectivity index is 1.11. The summed E-state index contributed by atoms with van der Waals surface area (Å²) in [6.07, 6.45) is 0. The van der Waals surface area contributed by atoms with Crippen molar-refractivity contribution in [3.63, 3.8) is 0 Å². The Hall–Kier alpha value is -5.86. The maximum Gasteiger partial charge on any atom is 0.0544 e. The minimum Gasteiger partial charge on any atom is -0.309 e. The molecule has 2 heterocycles. The first-order valence-corrected chi connectivity index (χ1v) is 20.3. The molecule has 56 heavy (non-hydrogen) atoms. The van der Waals surface area contributed by atoms with Gasteiger partial charge in [-0.3, -0.25) is 0 Å². The lowest BCUT2D eigenvalue weighted by molar-refractivity contribution is 0.125. The number of hydrogen-bond donors (Lipinski definition) is 0. The molecule has 2 aliphatic carbocycles. The number of benzene rings is 7. The molecule has 0 saturated heterocycles. The second-order valence-electron chi connectivity index (χ2n) is 18.7. The summed E-state index contributed by atoms with van der Waals surface area (Å²) >= 11 is 0. The quantitative estimate of drug-likeness (QED) is 0.172. The third-order valence-electron chi connectivity index (χ3n) is 15.2. The lowest BCUT2D eigenvalue weighted by atomic mass is 9.59. The molecule has 2 nitrogen and oxygen atoms in total. The summed E-state index contributed by atoms with van der Waals surface area (Å²) < 4.78 is 4.95. The van der Waals surface area contributed by atoms with E-state index in [1.54, 1.807) is 0 Å². The number of rotatable bonds is 3. The molecule has 0 unspecified atom stereocenters. The molecule has 0 fully saturated rings. The van der Waals surface area contributed by atoms with Gasteiger partial charge < -0.3 is 9.13 Å². The molecule has 0 amide bonds. The maximum atomic E-state index is 2.54. The molecule has 7 aromatic carbocycles. The minimum atomic E-state index is -0.0572. The predicted octanol–water partition coefficient (Wildman–Crippen LogP) is 14.4. The van der Waals surface area contributed by atoms with Gasteiger partial charge in [-0.25, -0.2) is 0 Å². The van der Waals surface area contributed by atoms with E-state index in [2.05, 4.69) is 210 Å². The van der Waals surface area contributed by atoms with Crippen LogP contribution in [0, 0.1) is 5.41 Å². The Labute approximate surface area is 330 Å². The monoisotopic (exact) mass is 724 g/mol. The topological polar surface area (TPSA) is 9.86 Å². The van der Waals surface area contributed by atoms with E-state index in [-0.39, 0.29) is 21.7 Å². The second-order valence-corrected chi connectivity index (χ2v) is 18.7. The predicted molar refractivity (Wildman–Crippen MR) is 238 cm³/mol. The van der Waals surface area contributed by atoms with Crippen LogP contribution in [0.3, 0.4) is 0 Å². The first-order valence-electron chi connectivity index (χ1n) is 20.3. The molecule has 11 rings (SSSR count). The summed E-state index contributed by atoms with van der Waals surface area (Å²) in [5.74, 6) is 0. The first-order chi connectivity index (χ1) is 26.8. The van der Waals surface area contributed by atoms with Gasteiger partial charge in [-0.15, -0.1) is 0 Å². The molecule has 274 valence electrons. The Morgan fingerprint density at radius 3 is 1.59 bits per heavy atom. The van der Waals surface area contributed by atoms with Crippen molar-refractivity contribution in [1.82, 2.24) is 9.13 Å². The van der Waals surface area contributed by atoms with E-state index in [1.807, 2.05) is 0 Å². The number of aromatic nitrogens is 2. The Kier molecular flexibility index (Phi) is 6.53. The molecule has 9 aromatic rings. The summed E-state index contributed by atoms with van der Waals surface area (Å²) in [5, 5.41) is 5.17. The van der Waals surface area contributed by atoms with Crippen molar-refractivity contribution >= 4 is 43.6 Å². The highest BCUT2D eigenvalue weighted by molar-refractivity contribution is 6.13. The van der Waals surface area contributed by atoms with Crippen LogP contribution in [0.5, 0.6) is 0 Å². The molecule has 0 saturated carbocycles. The molecule has 0 N–H and O–H groups in total. The first kappa shape index (κ1) is 33.5. The van der Waals surface area contributed by atoms with E-state index >= 15 is 0 Å². The fourth-order valence-electron chi connectivity index (χ4n) is 10.9. The van der Waals surface area contributed by atoms with E-state index in [1.165, 1.54) is 99.5 Å².